The smallest absolute Gasteiger partial charge is 0.477 e. The van der Waals surface area contributed by atoms with Crippen LogP contribution < -0.4 is 20.5 Å². The number of hydrogen-bond donors (Lipinski definition) is 3. The van der Waals surface area contributed by atoms with E-state index in [-0.39, 0.29) is 82.3 Å². The molecule has 6 aromatic rings. The molecule has 0 spiro atoms. The number of fused-ring (bicyclic) bond motifs is 2. The highest BCUT2D eigenvalue weighted by molar-refractivity contribution is 6.31. The monoisotopic (exact) mass is 1030 g/mol. The molecule has 2 aliphatic heterocycles. The Kier molecular flexibility index (Phi) is 17.8. The number of nitrogens with two attached hydrogens (primary N) is 1. The standard InChI is InChI=1S/C20H17ClF4N4O5.C10H5ClFNO2.C10H14F3N3O4/c21-12-7-10-1-3-14(27-15(10)8-13(12)22)17(30)26-11-2-4-16(32-9-11)18-28-29-19(34-18)31-5-6-33-20(23,24)25;11-6-3-5-1-2-8(10(14)15)13-9(5)4-7(6)12;11-10(12,13)19-4-3-17-9-16-15-8(20-9)7-2-1-6(14)5-18-7/h1,3,7-8,11,16H,2,4-6,9H2,(H,26,30);1-4H,(H,14,15);6-7H,1-5,14H2/t11-,16+;;6-,7+/m1.1/s1. The average Bonchev–Trinajstić information content (AvgIpc) is 3.98. The zero-order valence-corrected chi connectivity index (χ0v) is 36.6. The Morgan fingerprint density at radius 3 is 1.61 bits per heavy atom. The van der Waals surface area contributed by atoms with Crippen LogP contribution >= 0.6 is 23.2 Å². The molecule has 8 rings (SSSR count). The molecule has 69 heavy (non-hydrogen) atoms. The first-order chi connectivity index (χ1) is 32.7. The predicted octanol–water partition coefficient (Wildman–Crippen LogP) is 7.86. The lowest BCUT2D eigenvalue weighted by Crippen LogP contribution is -2.41. The van der Waals surface area contributed by atoms with Crippen molar-refractivity contribution in [2.45, 2.75) is 62.7 Å². The van der Waals surface area contributed by atoms with Gasteiger partial charge in [0.1, 0.15) is 48.4 Å². The number of rotatable bonds is 13. The Bertz CT molecular complexity index is 2680. The first kappa shape index (κ1) is 52.3. The fraction of sp³-hybridized carbons (Fsp3) is 0.400. The highest BCUT2D eigenvalue weighted by Crippen LogP contribution is 2.30. The number of benzene rings is 2. The molecule has 0 radical (unpaired) electrons. The second-order valence-electron chi connectivity index (χ2n) is 14.4. The highest BCUT2D eigenvalue weighted by atomic mass is 35.5. The van der Waals surface area contributed by atoms with Crippen LogP contribution in [0.5, 0.6) is 12.2 Å². The van der Waals surface area contributed by atoms with Crippen LogP contribution in [-0.4, -0.2) is 112 Å². The molecule has 0 aliphatic carbocycles. The topological polar surface area (TPSA) is 251 Å². The van der Waals surface area contributed by atoms with Crippen LogP contribution in [-0.2, 0) is 18.9 Å². The number of nitrogens with zero attached hydrogens (tertiary/aromatic N) is 6. The lowest BCUT2D eigenvalue weighted by atomic mass is 10.0. The SMILES string of the molecule is N[C@@H]1CC[C@@H](c2nnc(OCCOC(F)(F)F)o2)OC1.O=C(N[C@@H]1CC[C@@H](c2nnc(OCCOC(F)(F)F)o2)OC1)c1ccc2cc(Cl)c(F)cc2n1.O=C(O)c1ccc2cc(Cl)c(F)cc2n1. The van der Waals surface area contributed by atoms with Crippen LogP contribution in [0.25, 0.3) is 21.8 Å². The Labute approximate surface area is 392 Å². The van der Waals surface area contributed by atoms with E-state index in [1.807, 2.05) is 0 Å². The van der Waals surface area contributed by atoms with Crippen molar-refractivity contribution in [3.8, 4) is 12.2 Å². The van der Waals surface area contributed by atoms with Gasteiger partial charge in [-0.15, -0.1) is 36.5 Å². The lowest BCUT2D eigenvalue weighted by molar-refractivity contribution is -0.326. The van der Waals surface area contributed by atoms with E-state index in [2.05, 4.69) is 45.2 Å². The van der Waals surface area contributed by atoms with E-state index >= 15 is 0 Å². The van der Waals surface area contributed by atoms with Gasteiger partial charge in [0.05, 0.1) is 53.5 Å². The summed E-state index contributed by atoms with van der Waals surface area (Å²) >= 11 is 11.3. The molecule has 4 aromatic heterocycles. The van der Waals surface area contributed by atoms with Crippen molar-refractivity contribution in [2.24, 2.45) is 5.73 Å². The maximum Gasteiger partial charge on any atom is 0.522 e. The number of pyridine rings is 2. The molecule has 4 atom stereocenters. The van der Waals surface area contributed by atoms with Crippen LogP contribution in [0, 0.1) is 11.6 Å². The number of alkyl halides is 6. The minimum Gasteiger partial charge on any atom is -0.477 e. The van der Waals surface area contributed by atoms with Crippen LogP contribution in [0.1, 0.15) is 70.6 Å². The third-order valence-electron chi connectivity index (χ3n) is 9.38. The van der Waals surface area contributed by atoms with Crippen molar-refractivity contribution in [3.63, 3.8) is 0 Å². The number of carboxylic acid groups (broad SMARTS) is 1. The molecule has 2 aromatic carbocycles. The summed E-state index contributed by atoms with van der Waals surface area (Å²) < 4.78 is 136. The molecule has 1 amide bonds. The Morgan fingerprint density at radius 1 is 0.681 bits per heavy atom. The summed E-state index contributed by atoms with van der Waals surface area (Å²) in [6, 6.07) is 10.8. The largest absolute Gasteiger partial charge is 0.522 e. The first-order valence-corrected chi connectivity index (χ1v) is 20.8. The molecule has 0 bridgehead atoms. The van der Waals surface area contributed by atoms with E-state index < -0.39 is 62.2 Å². The van der Waals surface area contributed by atoms with E-state index in [4.69, 9.17) is 61.8 Å². The van der Waals surface area contributed by atoms with Gasteiger partial charge in [0.15, 0.2) is 0 Å². The van der Waals surface area contributed by atoms with Crippen molar-refractivity contribution in [1.29, 1.82) is 0 Å². The second kappa shape index (κ2) is 23.5. The number of ether oxygens (including phenoxy) is 6. The lowest BCUT2D eigenvalue weighted by Gasteiger charge is -2.27. The van der Waals surface area contributed by atoms with Crippen LogP contribution in [0.3, 0.4) is 0 Å². The summed E-state index contributed by atoms with van der Waals surface area (Å²) in [4.78, 5) is 31.1. The van der Waals surface area contributed by atoms with Gasteiger partial charge in [-0.25, -0.2) is 23.5 Å². The third-order valence-corrected chi connectivity index (χ3v) is 9.96. The van der Waals surface area contributed by atoms with E-state index in [1.165, 1.54) is 30.3 Å². The Balaban J connectivity index is 0.000000188. The van der Waals surface area contributed by atoms with Gasteiger partial charge in [-0.2, -0.15) is 0 Å². The van der Waals surface area contributed by atoms with Gasteiger partial charge in [0.25, 0.3) is 5.91 Å². The van der Waals surface area contributed by atoms with Crippen molar-refractivity contribution < 1.29 is 87.1 Å². The van der Waals surface area contributed by atoms with Gasteiger partial charge in [-0.05, 0) is 49.9 Å². The quantitative estimate of drug-likeness (QED) is 0.0735. The minimum absolute atomic E-state index is 0.00706. The summed E-state index contributed by atoms with van der Waals surface area (Å²) in [6.07, 6.45) is -8.51. The maximum absolute atomic E-state index is 13.7. The maximum atomic E-state index is 13.7. The van der Waals surface area contributed by atoms with Gasteiger partial charge < -0.3 is 43.9 Å². The van der Waals surface area contributed by atoms with Crippen molar-refractivity contribution in [3.05, 3.63) is 93.4 Å². The second-order valence-corrected chi connectivity index (χ2v) is 15.3. The predicted molar refractivity (Wildman–Crippen MR) is 219 cm³/mol. The molecular weight excluding hydrogens is 991 g/mol. The fourth-order valence-corrected chi connectivity index (χ4v) is 6.50. The number of carboxylic acids is 1. The summed E-state index contributed by atoms with van der Waals surface area (Å²) in [7, 11) is 0. The molecule has 2 aliphatic rings. The fourth-order valence-electron chi connectivity index (χ4n) is 6.16. The van der Waals surface area contributed by atoms with E-state index in [1.54, 1.807) is 6.07 Å². The zero-order chi connectivity index (χ0) is 49.9. The van der Waals surface area contributed by atoms with Crippen molar-refractivity contribution in [1.82, 2.24) is 35.7 Å². The third kappa shape index (κ3) is 16.0. The molecule has 19 nitrogen and oxygen atoms in total. The molecule has 4 N–H and O–H groups in total. The number of aromatic nitrogens is 6. The molecule has 2 saturated heterocycles. The summed E-state index contributed by atoms with van der Waals surface area (Å²) in [5, 5.41) is 27.3. The van der Waals surface area contributed by atoms with Crippen LogP contribution in [0.4, 0.5) is 35.1 Å². The number of carbonyl (C=O) groups is 2. The van der Waals surface area contributed by atoms with E-state index in [9.17, 15) is 44.7 Å². The molecule has 2 fully saturated rings. The highest BCUT2D eigenvalue weighted by Gasteiger charge is 2.31. The van der Waals surface area contributed by atoms with Crippen LogP contribution in [0.15, 0.2) is 57.4 Å². The zero-order valence-electron chi connectivity index (χ0n) is 35.1. The number of nitrogens with one attached hydrogen (secondary N) is 1. The van der Waals surface area contributed by atoms with Gasteiger partial charge in [0, 0.05) is 28.9 Å². The molecule has 0 saturated carbocycles. The number of carbonyl (C=O) groups excluding carboxylic acids is 1. The molecule has 372 valence electrons. The number of hydrogen-bond acceptors (Lipinski definition) is 17. The average molecular weight is 1030 g/mol. The van der Waals surface area contributed by atoms with Crippen molar-refractivity contribution in [2.75, 3.05) is 39.6 Å². The normalized spacial score (nSPS) is 18.4. The summed E-state index contributed by atoms with van der Waals surface area (Å²) in [6.45, 7) is -1.62. The van der Waals surface area contributed by atoms with Crippen molar-refractivity contribution >= 4 is 56.9 Å². The van der Waals surface area contributed by atoms with E-state index in [0.717, 1.165) is 18.6 Å². The minimum atomic E-state index is -4.75. The van der Waals surface area contributed by atoms with Gasteiger partial charge >= 0.3 is 30.8 Å². The van der Waals surface area contributed by atoms with Gasteiger partial charge in [-0.3, -0.25) is 14.3 Å². The summed E-state index contributed by atoms with van der Waals surface area (Å²) in [5.41, 5.74) is 6.24. The van der Waals surface area contributed by atoms with E-state index in [0.29, 0.717) is 42.2 Å². The van der Waals surface area contributed by atoms with Crippen LogP contribution in [0.2, 0.25) is 10.0 Å². The first-order valence-electron chi connectivity index (χ1n) is 20.1. The number of amides is 1. The molecular formula is C40H36Cl2F8N8O11. The Hall–Kier alpha value is -6.10. The summed E-state index contributed by atoms with van der Waals surface area (Å²) in [5.74, 6) is -2.50. The molecule has 29 heteroatoms. The Morgan fingerprint density at radius 2 is 1.16 bits per heavy atom. The van der Waals surface area contributed by atoms with Gasteiger partial charge in [-0.1, -0.05) is 45.5 Å². The molecule has 6 heterocycles. The van der Waals surface area contributed by atoms with Gasteiger partial charge in [0.2, 0.25) is 11.8 Å². The number of halogens is 10. The molecule has 0 unspecified atom stereocenters. The number of aromatic carboxylic acids is 1.